The molecule has 1 aliphatic heterocycles. The largest absolute Gasteiger partial charge is 0.416 e. The van der Waals surface area contributed by atoms with Gasteiger partial charge in [0.2, 0.25) is 0 Å². The molecule has 0 spiro atoms. The van der Waals surface area contributed by atoms with Crippen molar-refractivity contribution >= 4 is 28.5 Å². The summed E-state index contributed by atoms with van der Waals surface area (Å²) in [6, 6.07) is 12.1. The Kier molecular flexibility index (Phi) is 6.98. The number of alkyl halides is 3. The van der Waals surface area contributed by atoms with Crippen molar-refractivity contribution in [3.8, 4) is 23.0 Å². The Hall–Kier alpha value is -4.78. The highest BCUT2D eigenvalue weighted by molar-refractivity contribution is 6.04. The summed E-state index contributed by atoms with van der Waals surface area (Å²) < 4.78 is 38.9. The van der Waals surface area contributed by atoms with E-state index in [1.54, 1.807) is 42.3 Å². The molecular formula is C29H22F3N5O2. The van der Waals surface area contributed by atoms with Crippen LogP contribution in [-0.4, -0.2) is 38.2 Å². The van der Waals surface area contributed by atoms with Gasteiger partial charge in [-0.05, 0) is 73.2 Å². The number of carbonyl (C=O) groups is 2. The monoisotopic (exact) mass is 529 g/mol. The summed E-state index contributed by atoms with van der Waals surface area (Å²) in [4.78, 5) is 39.5. The Morgan fingerprint density at radius 2 is 1.85 bits per heavy atom. The number of pyridine rings is 1. The molecule has 2 aromatic heterocycles. The Bertz CT molecular complexity index is 1620. The van der Waals surface area contributed by atoms with Crippen LogP contribution >= 0.6 is 0 Å². The highest BCUT2D eigenvalue weighted by Gasteiger charge is 2.32. The van der Waals surface area contributed by atoms with Crippen LogP contribution in [0.25, 0.3) is 22.0 Å². The summed E-state index contributed by atoms with van der Waals surface area (Å²) >= 11 is 0. The number of anilines is 1. The van der Waals surface area contributed by atoms with Crippen molar-refractivity contribution in [2.45, 2.75) is 32.0 Å². The second kappa shape index (κ2) is 10.5. The molecule has 1 fully saturated rings. The molecule has 1 atom stereocenters. The molecule has 0 saturated carbocycles. The molecule has 1 N–H and O–H groups in total. The fourth-order valence-corrected chi connectivity index (χ4v) is 4.74. The summed E-state index contributed by atoms with van der Waals surface area (Å²) in [6.07, 6.45) is 1.28. The van der Waals surface area contributed by atoms with E-state index in [0.717, 1.165) is 58.8 Å². The molecule has 1 unspecified atom stereocenters. The summed E-state index contributed by atoms with van der Waals surface area (Å²) in [5, 5.41) is 3.22. The van der Waals surface area contributed by atoms with E-state index < -0.39 is 17.6 Å². The molecule has 5 rings (SSSR count). The number of likely N-dealkylation sites (tertiary alicyclic amines) is 1. The first-order valence-electron chi connectivity index (χ1n) is 12.2. The van der Waals surface area contributed by atoms with Crippen molar-refractivity contribution in [1.82, 2.24) is 19.9 Å². The zero-order valence-electron chi connectivity index (χ0n) is 20.8. The van der Waals surface area contributed by atoms with Crippen LogP contribution in [0.15, 0.2) is 67.3 Å². The van der Waals surface area contributed by atoms with E-state index in [1.165, 1.54) is 6.33 Å². The molecule has 0 bridgehead atoms. The van der Waals surface area contributed by atoms with Gasteiger partial charge in [-0.1, -0.05) is 18.1 Å². The zero-order chi connectivity index (χ0) is 27.6. The molecule has 7 nitrogen and oxygen atoms in total. The van der Waals surface area contributed by atoms with E-state index in [0.29, 0.717) is 6.54 Å². The lowest BCUT2D eigenvalue weighted by Gasteiger charge is -2.24. The van der Waals surface area contributed by atoms with Crippen LogP contribution in [0.2, 0.25) is 0 Å². The average molecular weight is 530 g/mol. The molecule has 4 aromatic rings. The number of aromatic nitrogens is 3. The molecule has 196 valence electrons. The highest BCUT2D eigenvalue weighted by Crippen LogP contribution is 2.38. The van der Waals surface area contributed by atoms with Gasteiger partial charge in [-0.25, -0.2) is 15.0 Å². The van der Waals surface area contributed by atoms with Crippen LogP contribution < -0.4 is 5.32 Å². The van der Waals surface area contributed by atoms with E-state index in [9.17, 15) is 22.8 Å². The zero-order valence-corrected chi connectivity index (χ0v) is 20.8. The molecular weight excluding hydrogens is 507 g/mol. The van der Waals surface area contributed by atoms with Crippen LogP contribution in [-0.2, 0) is 11.0 Å². The number of amides is 2. The van der Waals surface area contributed by atoms with Gasteiger partial charge in [0.1, 0.15) is 12.1 Å². The third-order valence-electron chi connectivity index (χ3n) is 6.55. The molecule has 10 heteroatoms. The van der Waals surface area contributed by atoms with E-state index >= 15 is 0 Å². The minimum absolute atomic E-state index is 0.180. The van der Waals surface area contributed by atoms with E-state index in [-0.39, 0.29) is 23.3 Å². The average Bonchev–Trinajstić information content (AvgIpc) is 3.42. The van der Waals surface area contributed by atoms with Crippen molar-refractivity contribution in [3.05, 3.63) is 83.9 Å². The third-order valence-corrected chi connectivity index (χ3v) is 6.55. The lowest BCUT2D eigenvalue weighted by Crippen LogP contribution is -2.29. The van der Waals surface area contributed by atoms with Crippen LogP contribution in [0.3, 0.4) is 0 Å². The van der Waals surface area contributed by atoms with Gasteiger partial charge in [0.05, 0.1) is 17.1 Å². The maximum atomic E-state index is 13.0. The Balaban J connectivity index is 1.44. The predicted octanol–water partition coefficient (Wildman–Crippen LogP) is 5.65. The van der Waals surface area contributed by atoms with Crippen molar-refractivity contribution in [2.75, 3.05) is 11.9 Å². The topological polar surface area (TPSA) is 88.1 Å². The minimum atomic E-state index is -4.54. The van der Waals surface area contributed by atoms with Gasteiger partial charge in [0.15, 0.2) is 0 Å². The second-order valence-corrected chi connectivity index (χ2v) is 9.02. The van der Waals surface area contributed by atoms with Gasteiger partial charge in [-0.3, -0.25) is 9.59 Å². The first kappa shape index (κ1) is 25.9. The summed E-state index contributed by atoms with van der Waals surface area (Å²) in [7, 11) is 0. The number of fused-ring (bicyclic) bond motifs is 1. The van der Waals surface area contributed by atoms with E-state index in [1.807, 2.05) is 12.1 Å². The van der Waals surface area contributed by atoms with Crippen molar-refractivity contribution in [1.29, 1.82) is 0 Å². The lowest BCUT2D eigenvalue weighted by atomic mass is 9.94. The SMILES string of the molecule is CC#CC(=O)N1CCCC1c1cc(-c2ccc(C(=O)Nc3cc(C(F)(F)F)ccn3)cc2)cc2cncnc12. The number of halogens is 3. The smallest absolute Gasteiger partial charge is 0.325 e. The fraction of sp³-hybridized carbons (Fsp3) is 0.207. The Morgan fingerprint density at radius 3 is 2.59 bits per heavy atom. The number of nitrogens with one attached hydrogen (secondary N) is 1. The standard InChI is InChI=1S/C29H22F3N5O2/c1-2-4-26(38)37-12-3-5-24(37)23-14-20(13-21-16-33-17-35-27(21)23)18-6-8-19(9-7-18)28(39)36-25-15-22(10-11-34-25)29(30,31)32/h6-11,13-17,24H,3,5,12H2,1H3,(H,34,36,39). The Morgan fingerprint density at radius 1 is 1.05 bits per heavy atom. The quantitative estimate of drug-likeness (QED) is 0.345. The molecule has 0 radical (unpaired) electrons. The molecule has 2 aromatic carbocycles. The first-order chi connectivity index (χ1) is 18.7. The molecule has 1 aliphatic rings. The fourth-order valence-electron chi connectivity index (χ4n) is 4.74. The predicted molar refractivity (Wildman–Crippen MR) is 139 cm³/mol. The number of hydrogen-bond acceptors (Lipinski definition) is 5. The van der Waals surface area contributed by atoms with Gasteiger partial charge < -0.3 is 10.2 Å². The number of hydrogen-bond donors (Lipinski definition) is 1. The molecule has 0 aliphatic carbocycles. The number of benzene rings is 2. The minimum Gasteiger partial charge on any atom is -0.325 e. The van der Waals surface area contributed by atoms with Crippen LogP contribution in [0, 0.1) is 11.8 Å². The highest BCUT2D eigenvalue weighted by atomic mass is 19.4. The van der Waals surface area contributed by atoms with E-state index in [4.69, 9.17) is 0 Å². The number of nitrogens with zero attached hydrogens (tertiary/aromatic N) is 4. The maximum absolute atomic E-state index is 13.0. The van der Waals surface area contributed by atoms with Gasteiger partial charge in [0, 0.05) is 35.5 Å². The molecule has 39 heavy (non-hydrogen) atoms. The van der Waals surface area contributed by atoms with Gasteiger partial charge in [-0.15, -0.1) is 0 Å². The maximum Gasteiger partial charge on any atom is 0.416 e. The second-order valence-electron chi connectivity index (χ2n) is 9.02. The van der Waals surface area contributed by atoms with Crippen molar-refractivity contribution in [3.63, 3.8) is 0 Å². The Labute approximate surface area is 222 Å². The van der Waals surface area contributed by atoms with Gasteiger partial charge >= 0.3 is 6.18 Å². The first-order valence-corrected chi connectivity index (χ1v) is 12.2. The molecule has 3 heterocycles. The molecule has 1 saturated heterocycles. The third kappa shape index (κ3) is 5.43. The van der Waals surface area contributed by atoms with Crippen LogP contribution in [0.5, 0.6) is 0 Å². The van der Waals surface area contributed by atoms with Crippen molar-refractivity contribution < 1.29 is 22.8 Å². The number of rotatable bonds is 4. The summed E-state index contributed by atoms with van der Waals surface area (Å²) in [5.41, 5.74) is 2.66. The van der Waals surface area contributed by atoms with Crippen molar-refractivity contribution in [2.24, 2.45) is 0 Å². The summed E-state index contributed by atoms with van der Waals surface area (Å²) in [5.74, 6) is 4.31. The van der Waals surface area contributed by atoms with Crippen LogP contribution in [0.1, 0.15) is 47.3 Å². The van der Waals surface area contributed by atoms with Gasteiger partial charge in [0.25, 0.3) is 11.8 Å². The van der Waals surface area contributed by atoms with E-state index in [2.05, 4.69) is 32.1 Å². The lowest BCUT2D eigenvalue weighted by molar-refractivity contribution is -0.137. The molecule has 2 amide bonds. The van der Waals surface area contributed by atoms with Crippen LogP contribution in [0.4, 0.5) is 19.0 Å². The number of carbonyl (C=O) groups excluding carboxylic acids is 2. The summed E-state index contributed by atoms with van der Waals surface area (Å²) in [6.45, 7) is 2.24. The van der Waals surface area contributed by atoms with Gasteiger partial charge in [-0.2, -0.15) is 13.2 Å². The normalized spacial score (nSPS) is 15.1.